The van der Waals surface area contributed by atoms with E-state index in [0.717, 1.165) is 32.2 Å². The molecule has 6 nitrogen and oxygen atoms in total. The molecule has 2 atom stereocenters. The van der Waals surface area contributed by atoms with Gasteiger partial charge in [-0.3, -0.25) is 9.69 Å². The zero-order valence-corrected chi connectivity index (χ0v) is 14.6. The van der Waals surface area contributed by atoms with Gasteiger partial charge < -0.3 is 15.3 Å². The lowest BCUT2D eigenvalue weighted by Crippen LogP contribution is -2.57. The van der Waals surface area contributed by atoms with E-state index in [0.29, 0.717) is 12.0 Å². The molecule has 0 saturated heterocycles. The molecule has 0 aromatic carbocycles. The molecule has 2 amide bonds. The Morgan fingerprint density at radius 1 is 1.17 bits per heavy atom. The van der Waals surface area contributed by atoms with Crippen molar-refractivity contribution in [2.24, 2.45) is 5.92 Å². The fraction of sp³-hybridized carbons (Fsp3) is 0.882. The molecule has 2 aliphatic carbocycles. The standard InChI is InChI=1S/C17H31N3O3/c1-4-20(11-16(21)22)15-9-13(10-15)18-17(23)19(3)14-7-5-6-12(2)8-14/h12-15H,4-11H2,1-3H3,(H,18,23)(H,21,22). The molecule has 2 aliphatic rings. The lowest BCUT2D eigenvalue weighted by Gasteiger charge is -2.43. The van der Waals surface area contributed by atoms with Gasteiger partial charge in [-0.05, 0) is 38.1 Å². The van der Waals surface area contributed by atoms with Crippen molar-refractivity contribution in [3.8, 4) is 0 Å². The van der Waals surface area contributed by atoms with Gasteiger partial charge >= 0.3 is 12.0 Å². The molecule has 0 aromatic rings. The molecule has 6 heteroatoms. The minimum atomic E-state index is -0.787. The first-order valence-corrected chi connectivity index (χ1v) is 8.89. The van der Waals surface area contributed by atoms with Crippen molar-refractivity contribution in [2.75, 3.05) is 20.1 Å². The number of carbonyl (C=O) groups excluding carboxylic acids is 1. The number of nitrogens with one attached hydrogen (secondary N) is 1. The first-order valence-electron chi connectivity index (χ1n) is 8.89. The smallest absolute Gasteiger partial charge is 0.317 e. The molecule has 2 fully saturated rings. The Morgan fingerprint density at radius 3 is 2.43 bits per heavy atom. The summed E-state index contributed by atoms with van der Waals surface area (Å²) in [6.45, 7) is 5.06. The fourth-order valence-corrected chi connectivity index (χ4v) is 3.87. The van der Waals surface area contributed by atoms with Crippen LogP contribution in [0.25, 0.3) is 0 Å². The third-order valence-corrected chi connectivity index (χ3v) is 5.48. The minimum Gasteiger partial charge on any atom is -0.480 e. The summed E-state index contributed by atoms with van der Waals surface area (Å²) >= 11 is 0. The number of likely N-dealkylation sites (N-methyl/N-ethyl adjacent to an activating group) is 1. The summed E-state index contributed by atoms with van der Waals surface area (Å²) in [6, 6.07) is 0.836. The number of hydrogen-bond acceptors (Lipinski definition) is 3. The molecule has 132 valence electrons. The largest absolute Gasteiger partial charge is 0.480 e. The Labute approximate surface area is 139 Å². The van der Waals surface area contributed by atoms with Gasteiger partial charge in [0.25, 0.3) is 0 Å². The summed E-state index contributed by atoms with van der Waals surface area (Å²) < 4.78 is 0. The fourth-order valence-electron chi connectivity index (χ4n) is 3.87. The zero-order valence-electron chi connectivity index (χ0n) is 14.6. The van der Waals surface area contributed by atoms with Crippen molar-refractivity contribution in [1.29, 1.82) is 0 Å². The second kappa shape index (κ2) is 7.99. The highest BCUT2D eigenvalue weighted by atomic mass is 16.4. The van der Waals surface area contributed by atoms with Crippen LogP contribution in [-0.4, -0.2) is 65.2 Å². The van der Waals surface area contributed by atoms with Gasteiger partial charge in [-0.15, -0.1) is 0 Å². The number of carbonyl (C=O) groups is 2. The second-order valence-electron chi connectivity index (χ2n) is 7.26. The summed E-state index contributed by atoms with van der Waals surface area (Å²) in [5, 5.41) is 12.0. The topological polar surface area (TPSA) is 72.9 Å². The maximum absolute atomic E-state index is 12.4. The maximum Gasteiger partial charge on any atom is 0.317 e. The normalized spacial score (nSPS) is 30.6. The van der Waals surface area contributed by atoms with E-state index in [1.165, 1.54) is 12.8 Å². The summed E-state index contributed by atoms with van der Waals surface area (Å²) in [5.74, 6) is -0.0864. The van der Waals surface area contributed by atoms with E-state index >= 15 is 0 Å². The van der Waals surface area contributed by atoms with Crippen LogP contribution in [0, 0.1) is 5.92 Å². The van der Waals surface area contributed by atoms with Gasteiger partial charge in [0.15, 0.2) is 0 Å². The average molecular weight is 325 g/mol. The number of urea groups is 1. The zero-order chi connectivity index (χ0) is 17.0. The van der Waals surface area contributed by atoms with E-state index in [9.17, 15) is 9.59 Å². The molecule has 2 N–H and O–H groups in total. The lowest BCUT2D eigenvalue weighted by molar-refractivity contribution is -0.139. The Bertz CT molecular complexity index is 423. The van der Waals surface area contributed by atoms with Gasteiger partial charge in [-0.1, -0.05) is 26.7 Å². The van der Waals surface area contributed by atoms with E-state index < -0.39 is 5.97 Å². The Morgan fingerprint density at radius 2 is 1.87 bits per heavy atom. The maximum atomic E-state index is 12.4. The molecule has 0 radical (unpaired) electrons. The van der Waals surface area contributed by atoms with Gasteiger partial charge in [0.1, 0.15) is 0 Å². The Kier molecular flexibility index (Phi) is 6.27. The molecule has 0 heterocycles. The number of hydrogen-bond donors (Lipinski definition) is 2. The number of rotatable bonds is 6. The Hall–Kier alpha value is -1.30. The lowest BCUT2D eigenvalue weighted by atomic mass is 9.85. The van der Waals surface area contributed by atoms with Gasteiger partial charge in [0.05, 0.1) is 6.54 Å². The van der Waals surface area contributed by atoms with Crippen molar-refractivity contribution in [3.63, 3.8) is 0 Å². The van der Waals surface area contributed by atoms with E-state index in [1.807, 2.05) is 23.8 Å². The number of carboxylic acids is 1. The number of amides is 2. The number of aliphatic carboxylic acids is 1. The third kappa shape index (κ3) is 4.83. The Balaban J connectivity index is 1.74. The first kappa shape index (κ1) is 18.0. The highest BCUT2D eigenvalue weighted by Gasteiger charge is 2.36. The van der Waals surface area contributed by atoms with Gasteiger partial charge in [-0.2, -0.15) is 0 Å². The van der Waals surface area contributed by atoms with E-state index in [-0.39, 0.29) is 24.7 Å². The van der Waals surface area contributed by atoms with Crippen molar-refractivity contribution >= 4 is 12.0 Å². The highest BCUT2D eigenvalue weighted by Crippen LogP contribution is 2.28. The average Bonchev–Trinajstić information content (AvgIpc) is 2.47. The van der Waals surface area contributed by atoms with Crippen LogP contribution in [0.1, 0.15) is 52.4 Å². The van der Waals surface area contributed by atoms with Crippen LogP contribution in [0.15, 0.2) is 0 Å². The first-order chi connectivity index (χ1) is 10.9. The van der Waals surface area contributed by atoms with Crippen molar-refractivity contribution in [3.05, 3.63) is 0 Å². The molecule has 2 saturated carbocycles. The van der Waals surface area contributed by atoms with Crippen LogP contribution in [0.4, 0.5) is 4.79 Å². The van der Waals surface area contributed by atoms with Gasteiger partial charge in [0, 0.05) is 25.2 Å². The van der Waals surface area contributed by atoms with Crippen LogP contribution in [-0.2, 0) is 4.79 Å². The number of nitrogens with zero attached hydrogens (tertiary/aromatic N) is 2. The molecule has 23 heavy (non-hydrogen) atoms. The second-order valence-corrected chi connectivity index (χ2v) is 7.26. The molecule has 0 spiro atoms. The summed E-state index contributed by atoms with van der Waals surface area (Å²) in [5.41, 5.74) is 0. The monoisotopic (exact) mass is 325 g/mol. The summed E-state index contributed by atoms with van der Waals surface area (Å²) in [4.78, 5) is 27.1. The predicted molar refractivity (Wildman–Crippen MR) is 89.4 cm³/mol. The molecular formula is C17H31N3O3. The van der Waals surface area contributed by atoms with Crippen molar-refractivity contribution in [1.82, 2.24) is 15.1 Å². The van der Waals surface area contributed by atoms with E-state index in [1.54, 1.807) is 0 Å². The number of carboxylic acid groups (broad SMARTS) is 1. The molecule has 0 aromatic heterocycles. The molecule has 0 aliphatic heterocycles. The third-order valence-electron chi connectivity index (χ3n) is 5.48. The van der Waals surface area contributed by atoms with Crippen LogP contribution in [0.5, 0.6) is 0 Å². The molecular weight excluding hydrogens is 294 g/mol. The molecule has 2 unspecified atom stereocenters. The summed E-state index contributed by atoms with van der Waals surface area (Å²) in [7, 11) is 1.90. The van der Waals surface area contributed by atoms with Crippen LogP contribution >= 0.6 is 0 Å². The van der Waals surface area contributed by atoms with Crippen LogP contribution < -0.4 is 5.32 Å². The SMILES string of the molecule is CCN(CC(=O)O)C1CC(NC(=O)N(C)C2CCCC(C)C2)C1. The van der Waals surface area contributed by atoms with E-state index in [2.05, 4.69) is 12.2 Å². The predicted octanol–water partition coefficient (Wildman–Crippen LogP) is 2.14. The molecule has 0 bridgehead atoms. The van der Waals surface area contributed by atoms with E-state index in [4.69, 9.17) is 5.11 Å². The van der Waals surface area contributed by atoms with Crippen molar-refractivity contribution in [2.45, 2.75) is 70.5 Å². The quantitative estimate of drug-likeness (QED) is 0.785. The van der Waals surface area contributed by atoms with Crippen LogP contribution in [0.2, 0.25) is 0 Å². The van der Waals surface area contributed by atoms with Crippen molar-refractivity contribution < 1.29 is 14.7 Å². The van der Waals surface area contributed by atoms with Gasteiger partial charge in [0.2, 0.25) is 0 Å². The highest BCUT2D eigenvalue weighted by molar-refractivity contribution is 5.74. The minimum absolute atomic E-state index is 0.0221. The van der Waals surface area contributed by atoms with Crippen LogP contribution in [0.3, 0.4) is 0 Å². The summed E-state index contributed by atoms with van der Waals surface area (Å²) in [6.07, 6.45) is 6.37. The van der Waals surface area contributed by atoms with Gasteiger partial charge in [-0.25, -0.2) is 4.79 Å². The molecule has 2 rings (SSSR count).